The van der Waals surface area contributed by atoms with Crippen molar-refractivity contribution >= 4 is 22.6 Å². The number of pyridine rings is 1. The van der Waals surface area contributed by atoms with Crippen molar-refractivity contribution in [1.29, 1.82) is 0 Å². The van der Waals surface area contributed by atoms with Crippen LogP contribution in [0.2, 0.25) is 0 Å². The van der Waals surface area contributed by atoms with E-state index in [1.54, 1.807) is 18.2 Å². The molecule has 0 aliphatic rings. The number of fused-ring (bicyclic) bond motifs is 1. The molecule has 1 heterocycles. The lowest BCUT2D eigenvalue weighted by atomic mass is 10.1. The van der Waals surface area contributed by atoms with Crippen molar-refractivity contribution in [2.45, 2.75) is 13.0 Å². The van der Waals surface area contributed by atoms with Crippen LogP contribution in [-0.4, -0.2) is 28.0 Å². The lowest BCUT2D eigenvalue weighted by Gasteiger charge is -2.10. The molecule has 1 atom stereocenters. The van der Waals surface area contributed by atoms with E-state index < -0.39 is 17.9 Å². The number of hydrogen-bond donors (Lipinski definition) is 2. The maximum Gasteiger partial charge on any atom is 0.325 e. The third-order valence-electron chi connectivity index (χ3n) is 2.61. The maximum atomic E-state index is 11.9. The van der Waals surface area contributed by atoms with Crippen LogP contribution in [0.5, 0.6) is 0 Å². The van der Waals surface area contributed by atoms with Gasteiger partial charge in [-0.1, -0.05) is 24.3 Å². The number of nitrogens with zero attached hydrogens (tertiary/aromatic N) is 1. The van der Waals surface area contributed by atoms with Crippen molar-refractivity contribution in [3.63, 3.8) is 0 Å². The zero-order chi connectivity index (χ0) is 13.1. The average Bonchev–Trinajstić information content (AvgIpc) is 2.37. The van der Waals surface area contributed by atoms with Gasteiger partial charge in [0.05, 0.1) is 0 Å². The molecular formula is C13H12N2O3. The van der Waals surface area contributed by atoms with Gasteiger partial charge >= 0.3 is 5.97 Å². The van der Waals surface area contributed by atoms with Crippen molar-refractivity contribution in [3.05, 3.63) is 42.2 Å². The van der Waals surface area contributed by atoms with E-state index in [2.05, 4.69) is 10.3 Å². The van der Waals surface area contributed by atoms with Gasteiger partial charge in [0.25, 0.3) is 5.91 Å². The lowest BCUT2D eigenvalue weighted by molar-refractivity contribution is -0.138. The summed E-state index contributed by atoms with van der Waals surface area (Å²) in [6.07, 6.45) is 1.53. The number of hydrogen-bond acceptors (Lipinski definition) is 3. The van der Waals surface area contributed by atoms with Gasteiger partial charge < -0.3 is 10.4 Å². The smallest absolute Gasteiger partial charge is 0.325 e. The molecule has 2 aromatic rings. The Morgan fingerprint density at radius 2 is 2.00 bits per heavy atom. The second-order valence-corrected chi connectivity index (χ2v) is 3.91. The minimum Gasteiger partial charge on any atom is -0.480 e. The molecule has 2 N–H and O–H groups in total. The third-order valence-corrected chi connectivity index (χ3v) is 2.61. The van der Waals surface area contributed by atoms with E-state index in [4.69, 9.17) is 5.11 Å². The molecule has 5 heteroatoms. The normalized spacial score (nSPS) is 12.1. The maximum absolute atomic E-state index is 11.9. The molecule has 0 saturated heterocycles. The Labute approximate surface area is 103 Å². The fraction of sp³-hybridized carbons (Fsp3) is 0.154. The second kappa shape index (κ2) is 4.83. The molecule has 0 saturated carbocycles. The highest BCUT2D eigenvalue weighted by atomic mass is 16.4. The summed E-state index contributed by atoms with van der Waals surface area (Å²) in [7, 11) is 0. The van der Waals surface area contributed by atoms with Crippen molar-refractivity contribution in [3.8, 4) is 0 Å². The van der Waals surface area contributed by atoms with E-state index in [-0.39, 0.29) is 5.69 Å². The molecule has 0 unspecified atom stereocenters. The summed E-state index contributed by atoms with van der Waals surface area (Å²) in [5.74, 6) is -1.56. The predicted molar refractivity (Wildman–Crippen MR) is 66.3 cm³/mol. The van der Waals surface area contributed by atoms with Crippen LogP contribution in [0.3, 0.4) is 0 Å². The first kappa shape index (κ1) is 12.0. The highest BCUT2D eigenvalue weighted by molar-refractivity contribution is 6.06. The molecule has 18 heavy (non-hydrogen) atoms. The molecule has 5 nitrogen and oxygen atoms in total. The SMILES string of the molecule is C[C@@H](NC(=O)c1nccc2ccccc12)C(=O)O. The Bertz CT molecular complexity index is 605. The van der Waals surface area contributed by atoms with Crippen LogP contribution in [0.15, 0.2) is 36.5 Å². The van der Waals surface area contributed by atoms with Crippen LogP contribution < -0.4 is 5.32 Å². The standard InChI is InChI=1S/C13H12N2O3/c1-8(13(17)18)15-12(16)11-10-5-3-2-4-9(10)6-7-14-11/h2-8H,1H3,(H,15,16)(H,17,18)/t8-/m1/s1. The zero-order valence-corrected chi connectivity index (χ0v) is 9.75. The number of aromatic nitrogens is 1. The van der Waals surface area contributed by atoms with Crippen molar-refractivity contribution < 1.29 is 14.7 Å². The number of rotatable bonds is 3. The summed E-state index contributed by atoms with van der Waals surface area (Å²) in [6, 6.07) is 8.17. The Hall–Kier alpha value is -2.43. The second-order valence-electron chi connectivity index (χ2n) is 3.91. The van der Waals surface area contributed by atoms with Crippen molar-refractivity contribution in [2.24, 2.45) is 0 Å². The van der Waals surface area contributed by atoms with Gasteiger partial charge in [0.15, 0.2) is 0 Å². The molecule has 0 radical (unpaired) electrons. The lowest BCUT2D eigenvalue weighted by Crippen LogP contribution is -2.38. The molecule has 0 bridgehead atoms. The largest absolute Gasteiger partial charge is 0.480 e. The van der Waals surface area contributed by atoms with Crippen LogP contribution in [0.4, 0.5) is 0 Å². The molecule has 2 rings (SSSR count). The highest BCUT2D eigenvalue weighted by Crippen LogP contribution is 2.16. The van der Waals surface area contributed by atoms with Crippen LogP contribution in [0, 0.1) is 0 Å². The first-order valence-electron chi connectivity index (χ1n) is 5.47. The number of carboxylic acids is 1. The summed E-state index contributed by atoms with van der Waals surface area (Å²) in [6.45, 7) is 1.41. The summed E-state index contributed by atoms with van der Waals surface area (Å²) >= 11 is 0. The van der Waals surface area contributed by atoms with Gasteiger partial charge in [-0.15, -0.1) is 0 Å². The van der Waals surface area contributed by atoms with Crippen molar-refractivity contribution in [1.82, 2.24) is 10.3 Å². The number of carbonyl (C=O) groups excluding carboxylic acids is 1. The van der Waals surface area contributed by atoms with Gasteiger partial charge in [-0.2, -0.15) is 0 Å². The highest BCUT2D eigenvalue weighted by Gasteiger charge is 2.17. The van der Waals surface area contributed by atoms with E-state index in [1.807, 2.05) is 12.1 Å². The summed E-state index contributed by atoms with van der Waals surface area (Å²) in [5.41, 5.74) is 0.237. The van der Waals surface area contributed by atoms with Crippen LogP contribution in [0.25, 0.3) is 10.8 Å². The molecule has 0 fully saturated rings. The molecule has 92 valence electrons. The molecular weight excluding hydrogens is 232 g/mol. The topological polar surface area (TPSA) is 79.3 Å². The van der Waals surface area contributed by atoms with Gasteiger partial charge in [-0.3, -0.25) is 14.6 Å². The number of benzene rings is 1. The van der Waals surface area contributed by atoms with Gasteiger partial charge in [0, 0.05) is 11.6 Å². The quantitative estimate of drug-likeness (QED) is 0.856. The van der Waals surface area contributed by atoms with Crippen molar-refractivity contribution in [2.75, 3.05) is 0 Å². The molecule has 0 spiro atoms. The minimum atomic E-state index is -1.08. The minimum absolute atomic E-state index is 0.237. The average molecular weight is 244 g/mol. The summed E-state index contributed by atoms with van der Waals surface area (Å²) in [5, 5.41) is 12.7. The van der Waals surface area contributed by atoms with Crippen LogP contribution in [-0.2, 0) is 4.79 Å². The Balaban J connectivity index is 2.36. The number of nitrogens with one attached hydrogen (secondary N) is 1. The zero-order valence-electron chi connectivity index (χ0n) is 9.75. The van der Waals surface area contributed by atoms with E-state index >= 15 is 0 Å². The monoisotopic (exact) mass is 244 g/mol. The summed E-state index contributed by atoms with van der Waals surface area (Å²) < 4.78 is 0. The Morgan fingerprint density at radius 1 is 1.28 bits per heavy atom. The van der Waals surface area contributed by atoms with Gasteiger partial charge in [0.1, 0.15) is 11.7 Å². The molecule has 1 aromatic heterocycles. The van der Waals surface area contributed by atoms with Crippen LogP contribution >= 0.6 is 0 Å². The molecule has 1 aromatic carbocycles. The van der Waals surface area contributed by atoms with E-state index in [9.17, 15) is 9.59 Å². The van der Waals surface area contributed by atoms with Crippen LogP contribution in [0.1, 0.15) is 17.4 Å². The van der Waals surface area contributed by atoms with Gasteiger partial charge in [-0.25, -0.2) is 0 Å². The van der Waals surface area contributed by atoms with E-state index in [1.165, 1.54) is 13.1 Å². The van der Waals surface area contributed by atoms with E-state index in [0.29, 0.717) is 5.39 Å². The van der Waals surface area contributed by atoms with E-state index in [0.717, 1.165) is 5.39 Å². The molecule has 1 amide bonds. The fourth-order valence-corrected chi connectivity index (χ4v) is 1.63. The number of amides is 1. The number of carbonyl (C=O) groups is 2. The third kappa shape index (κ3) is 2.29. The van der Waals surface area contributed by atoms with Gasteiger partial charge in [0.2, 0.25) is 0 Å². The predicted octanol–water partition coefficient (Wildman–Crippen LogP) is 1.44. The number of aliphatic carboxylic acids is 1. The number of carboxylic acid groups (broad SMARTS) is 1. The first-order chi connectivity index (χ1) is 8.59. The van der Waals surface area contributed by atoms with Gasteiger partial charge in [-0.05, 0) is 18.4 Å². The Kier molecular flexibility index (Phi) is 3.23. The summed E-state index contributed by atoms with van der Waals surface area (Å²) in [4.78, 5) is 26.6. The molecule has 0 aliphatic carbocycles. The first-order valence-corrected chi connectivity index (χ1v) is 5.47. The molecule has 0 aliphatic heterocycles. The Morgan fingerprint density at radius 3 is 2.72 bits per heavy atom. The fourth-order valence-electron chi connectivity index (χ4n) is 1.63.